The molecule has 0 radical (unpaired) electrons. The van der Waals surface area contributed by atoms with Crippen LogP contribution in [0.5, 0.6) is 5.75 Å². The molecule has 1 fully saturated rings. The first-order valence-corrected chi connectivity index (χ1v) is 7.94. The lowest BCUT2D eigenvalue weighted by atomic mass is 9.90. The number of halogens is 2. The van der Waals surface area contributed by atoms with Crippen LogP contribution in [0.4, 0.5) is 8.78 Å². The van der Waals surface area contributed by atoms with E-state index < -0.39 is 54.7 Å². The number of allylic oxidation sites excluding steroid dienone is 2. The highest BCUT2D eigenvalue weighted by Crippen LogP contribution is 2.35. The summed E-state index contributed by atoms with van der Waals surface area (Å²) in [6.45, 7) is 0.839. The first kappa shape index (κ1) is 18.9. The van der Waals surface area contributed by atoms with Crippen molar-refractivity contribution in [3.8, 4) is 5.75 Å². The Bertz CT molecular complexity index is 762. The van der Waals surface area contributed by atoms with Gasteiger partial charge >= 0.3 is 0 Å². The molecule has 2 aliphatic rings. The molecule has 5 atom stereocenters. The lowest BCUT2D eigenvalue weighted by Crippen LogP contribution is -2.60. The minimum atomic E-state index is -1.81. The van der Waals surface area contributed by atoms with E-state index in [1.807, 2.05) is 0 Å². The summed E-state index contributed by atoms with van der Waals surface area (Å²) in [4.78, 5) is 11.7. The van der Waals surface area contributed by atoms with Gasteiger partial charge < -0.3 is 29.9 Å². The summed E-state index contributed by atoms with van der Waals surface area (Å²) in [6.07, 6.45) is -7.19. The van der Waals surface area contributed by atoms with Gasteiger partial charge in [-0.3, -0.25) is 4.79 Å². The standard InChI is InChI=1S/C17H18F2O7/c1-6-2-7(21)3-9-8(6)4-10(18)16(12(9)19)26-17-15(24)14(23)13(22)11(5-20)25-17/h2,4,11,13-15,17,20,22-24H,3,5H2,1H3/t11-,13+,14+,15-,17+/m1/s1. The van der Waals surface area contributed by atoms with Crippen LogP contribution in [0.25, 0.3) is 5.57 Å². The second-order valence-corrected chi connectivity index (χ2v) is 6.31. The highest BCUT2D eigenvalue weighted by molar-refractivity contribution is 6.01. The van der Waals surface area contributed by atoms with Crippen LogP contribution in [0.2, 0.25) is 0 Å². The molecule has 26 heavy (non-hydrogen) atoms. The molecule has 0 spiro atoms. The molecule has 1 aromatic rings. The minimum absolute atomic E-state index is 0.0454. The van der Waals surface area contributed by atoms with Crippen molar-refractivity contribution in [1.29, 1.82) is 0 Å². The Hall–Kier alpha value is -1.91. The lowest BCUT2D eigenvalue weighted by molar-refractivity contribution is -0.278. The van der Waals surface area contributed by atoms with E-state index in [1.165, 1.54) is 6.08 Å². The van der Waals surface area contributed by atoms with Crippen LogP contribution in [0, 0.1) is 11.6 Å². The maximum atomic E-state index is 14.8. The third-order valence-corrected chi connectivity index (χ3v) is 4.51. The maximum Gasteiger partial charge on any atom is 0.229 e. The van der Waals surface area contributed by atoms with Gasteiger partial charge in [0.25, 0.3) is 0 Å². The Kier molecular flexibility index (Phi) is 5.09. The molecule has 1 aromatic carbocycles. The summed E-state index contributed by atoms with van der Waals surface area (Å²) in [6, 6.07) is 1.01. The SMILES string of the molecule is CC1=CC(=O)Cc2c1cc(F)c(O[C@@H]1O[C@H](CO)[C@H](O)[C@H](O)[C@H]1O)c2F. The molecule has 3 rings (SSSR count). The van der Waals surface area contributed by atoms with Crippen LogP contribution in [0.15, 0.2) is 12.1 Å². The molecular weight excluding hydrogens is 354 g/mol. The van der Waals surface area contributed by atoms with Crippen LogP contribution in [-0.2, 0) is 16.0 Å². The van der Waals surface area contributed by atoms with E-state index >= 15 is 0 Å². The van der Waals surface area contributed by atoms with Crippen molar-refractivity contribution in [2.24, 2.45) is 0 Å². The van der Waals surface area contributed by atoms with Gasteiger partial charge in [-0.25, -0.2) is 8.78 Å². The lowest BCUT2D eigenvalue weighted by Gasteiger charge is -2.39. The molecule has 1 heterocycles. The fraction of sp³-hybridized carbons (Fsp3) is 0.471. The largest absolute Gasteiger partial charge is 0.456 e. The predicted octanol–water partition coefficient (Wildman–Crippen LogP) is -0.328. The topological polar surface area (TPSA) is 116 Å². The van der Waals surface area contributed by atoms with Gasteiger partial charge in [0.15, 0.2) is 23.2 Å². The number of hydrogen-bond donors (Lipinski definition) is 4. The second kappa shape index (κ2) is 7.01. The van der Waals surface area contributed by atoms with Crippen LogP contribution in [0.3, 0.4) is 0 Å². The highest BCUT2D eigenvalue weighted by atomic mass is 19.1. The highest BCUT2D eigenvalue weighted by Gasteiger charge is 2.45. The Morgan fingerprint density at radius 2 is 1.92 bits per heavy atom. The molecule has 0 aromatic heterocycles. The second-order valence-electron chi connectivity index (χ2n) is 6.31. The number of ether oxygens (including phenoxy) is 2. The summed E-state index contributed by atoms with van der Waals surface area (Å²) >= 11 is 0. The Balaban J connectivity index is 1.95. The van der Waals surface area contributed by atoms with Crippen molar-refractivity contribution in [3.63, 3.8) is 0 Å². The summed E-state index contributed by atoms with van der Waals surface area (Å²) in [5, 5.41) is 38.5. The van der Waals surface area contributed by atoms with Crippen molar-refractivity contribution >= 4 is 11.4 Å². The number of aliphatic hydroxyl groups is 4. The van der Waals surface area contributed by atoms with Crippen molar-refractivity contribution in [3.05, 3.63) is 34.9 Å². The molecule has 142 valence electrons. The zero-order valence-electron chi connectivity index (χ0n) is 13.7. The van der Waals surface area contributed by atoms with Crippen LogP contribution in [-0.4, -0.2) is 63.5 Å². The molecule has 0 unspecified atom stereocenters. The monoisotopic (exact) mass is 372 g/mol. The number of benzene rings is 1. The number of carbonyl (C=O) groups excluding carboxylic acids is 1. The molecule has 9 heteroatoms. The summed E-state index contributed by atoms with van der Waals surface area (Å²) < 4.78 is 39.3. The molecule has 7 nitrogen and oxygen atoms in total. The number of fused-ring (bicyclic) bond motifs is 1. The molecule has 0 bridgehead atoms. The summed E-state index contributed by atoms with van der Waals surface area (Å²) in [7, 11) is 0. The third-order valence-electron chi connectivity index (χ3n) is 4.51. The van der Waals surface area contributed by atoms with E-state index in [0.29, 0.717) is 5.57 Å². The van der Waals surface area contributed by atoms with Gasteiger partial charge in [-0.2, -0.15) is 0 Å². The average molecular weight is 372 g/mol. The van der Waals surface area contributed by atoms with E-state index in [1.54, 1.807) is 6.92 Å². The van der Waals surface area contributed by atoms with E-state index in [2.05, 4.69) is 0 Å². The number of carbonyl (C=O) groups is 1. The Labute approximate surface area is 147 Å². The van der Waals surface area contributed by atoms with E-state index in [0.717, 1.165) is 6.07 Å². The Morgan fingerprint density at radius 3 is 2.58 bits per heavy atom. The fourth-order valence-electron chi connectivity index (χ4n) is 3.10. The minimum Gasteiger partial charge on any atom is -0.456 e. The Morgan fingerprint density at radius 1 is 1.23 bits per heavy atom. The maximum absolute atomic E-state index is 14.8. The van der Waals surface area contributed by atoms with E-state index in [-0.39, 0.29) is 23.3 Å². The van der Waals surface area contributed by atoms with Gasteiger partial charge in [0.2, 0.25) is 6.29 Å². The average Bonchev–Trinajstić information content (AvgIpc) is 2.59. The zero-order valence-corrected chi connectivity index (χ0v) is 13.7. The normalized spacial score (nSPS) is 31.4. The number of aliphatic hydroxyl groups excluding tert-OH is 4. The number of rotatable bonds is 3. The van der Waals surface area contributed by atoms with Gasteiger partial charge in [-0.1, -0.05) is 0 Å². The molecular formula is C17H18F2O7. The predicted molar refractivity (Wildman–Crippen MR) is 83.1 cm³/mol. The van der Waals surface area contributed by atoms with E-state index in [9.17, 15) is 28.9 Å². The molecule has 1 aliphatic carbocycles. The quantitative estimate of drug-likeness (QED) is 0.574. The zero-order chi connectivity index (χ0) is 19.2. The fourth-order valence-corrected chi connectivity index (χ4v) is 3.10. The van der Waals surface area contributed by atoms with E-state index in [4.69, 9.17) is 14.6 Å². The number of hydrogen-bond acceptors (Lipinski definition) is 7. The van der Waals surface area contributed by atoms with Gasteiger partial charge in [-0.15, -0.1) is 0 Å². The van der Waals surface area contributed by atoms with Crippen LogP contribution < -0.4 is 4.74 Å². The molecule has 1 saturated heterocycles. The van der Waals surface area contributed by atoms with Gasteiger partial charge in [0.1, 0.15) is 24.4 Å². The van der Waals surface area contributed by atoms with Crippen molar-refractivity contribution in [2.75, 3.05) is 6.61 Å². The summed E-state index contributed by atoms with van der Waals surface area (Å²) in [5.74, 6) is -3.42. The van der Waals surface area contributed by atoms with Gasteiger partial charge in [0.05, 0.1) is 6.61 Å². The van der Waals surface area contributed by atoms with Crippen molar-refractivity contribution < 1.29 is 43.5 Å². The summed E-state index contributed by atoms with van der Waals surface area (Å²) in [5.41, 5.74) is 0.602. The molecule has 1 aliphatic heterocycles. The van der Waals surface area contributed by atoms with Crippen molar-refractivity contribution in [1.82, 2.24) is 0 Å². The molecule has 4 N–H and O–H groups in total. The number of ketones is 1. The molecule has 0 amide bonds. The smallest absolute Gasteiger partial charge is 0.229 e. The third kappa shape index (κ3) is 3.12. The van der Waals surface area contributed by atoms with Gasteiger partial charge in [-0.05, 0) is 30.2 Å². The van der Waals surface area contributed by atoms with Crippen LogP contribution in [0.1, 0.15) is 18.1 Å². The van der Waals surface area contributed by atoms with Gasteiger partial charge in [0, 0.05) is 12.0 Å². The molecule has 0 saturated carbocycles. The first-order valence-electron chi connectivity index (χ1n) is 7.94. The van der Waals surface area contributed by atoms with Crippen molar-refractivity contribution in [2.45, 2.75) is 44.1 Å². The van der Waals surface area contributed by atoms with Crippen LogP contribution >= 0.6 is 0 Å². The first-order chi connectivity index (χ1) is 12.2.